The van der Waals surface area contributed by atoms with E-state index in [-0.39, 0.29) is 9.92 Å². The van der Waals surface area contributed by atoms with Crippen LogP contribution in [0.4, 0.5) is 5.13 Å². The highest BCUT2D eigenvalue weighted by atomic mass is 35.5. The number of nitrogens with zero attached hydrogens (tertiary/aromatic N) is 2. The molecule has 0 N–H and O–H groups in total. The summed E-state index contributed by atoms with van der Waals surface area (Å²) in [7, 11) is -3.43. The molecule has 0 atom stereocenters. The summed E-state index contributed by atoms with van der Waals surface area (Å²) in [5.41, 5.74) is 3.59. The van der Waals surface area contributed by atoms with Gasteiger partial charge in [-0.25, -0.2) is 13.4 Å². The first kappa shape index (κ1) is 21.6. The Morgan fingerprint density at radius 1 is 1.10 bits per heavy atom. The molecule has 0 amide bonds. The Hall–Kier alpha value is -1.60. The number of sulfone groups is 1. The normalized spacial score (nSPS) is 15.5. The van der Waals surface area contributed by atoms with Crippen molar-refractivity contribution in [1.82, 2.24) is 4.98 Å². The van der Waals surface area contributed by atoms with Gasteiger partial charge in [-0.3, -0.25) is 0 Å². The van der Waals surface area contributed by atoms with Crippen LogP contribution in [0.3, 0.4) is 0 Å². The molecule has 0 bridgehead atoms. The topological polar surface area (TPSA) is 50.3 Å². The summed E-state index contributed by atoms with van der Waals surface area (Å²) in [6, 6.07) is 12.9. The number of hydrogen-bond donors (Lipinski definition) is 0. The van der Waals surface area contributed by atoms with Gasteiger partial charge in [-0.1, -0.05) is 47.5 Å². The summed E-state index contributed by atoms with van der Waals surface area (Å²) < 4.78 is 26.0. The molecule has 1 fully saturated rings. The molecule has 4 nitrogen and oxygen atoms in total. The highest BCUT2D eigenvalue weighted by molar-refractivity contribution is 7.92. The lowest BCUT2D eigenvalue weighted by molar-refractivity contribution is 0.529. The molecule has 1 aromatic heterocycles. The number of thiazole rings is 1. The molecule has 2 aromatic carbocycles. The monoisotopic (exact) mass is 480 g/mol. The highest BCUT2D eigenvalue weighted by Gasteiger charge is 2.32. The minimum atomic E-state index is -3.43. The minimum Gasteiger partial charge on any atom is -0.348 e. The third kappa shape index (κ3) is 4.52. The fourth-order valence-electron chi connectivity index (χ4n) is 3.73. The van der Waals surface area contributed by atoms with Gasteiger partial charge in [0.25, 0.3) is 0 Å². The van der Waals surface area contributed by atoms with Gasteiger partial charge < -0.3 is 4.90 Å². The molecule has 30 heavy (non-hydrogen) atoms. The first-order valence-corrected chi connectivity index (χ1v) is 13.0. The van der Waals surface area contributed by atoms with Gasteiger partial charge in [0, 0.05) is 24.9 Å². The van der Waals surface area contributed by atoms with Crippen molar-refractivity contribution in [1.29, 1.82) is 0 Å². The fraction of sp³-hybridized carbons (Fsp3) is 0.318. The summed E-state index contributed by atoms with van der Waals surface area (Å²) in [5.74, 6) is 0. The predicted octanol–water partition coefficient (Wildman–Crippen LogP) is 5.79. The van der Waals surface area contributed by atoms with Gasteiger partial charge in [0.15, 0.2) is 15.0 Å². The van der Waals surface area contributed by atoms with Crippen LogP contribution in [-0.4, -0.2) is 31.7 Å². The lowest BCUT2D eigenvalue weighted by Gasteiger charge is -2.31. The van der Waals surface area contributed by atoms with Crippen LogP contribution in [0.2, 0.25) is 10.0 Å². The number of piperidine rings is 1. The number of hydrogen-bond acceptors (Lipinski definition) is 5. The van der Waals surface area contributed by atoms with Gasteiger partial charge in [-0.2, -0.15) is 0 Å². The summed E-state index contributed by atoms with van der Waals surface area (Å²) in [5, 5.41) is 3.26. The second-order valence-electron chi connectivity index (χ2n) is 7.53. The Bertz CT molecular complexity index is 1150. The molecular formula is C22H22Cl2N2O2S2. The van der Waals surface area contributed by atoms with Crippen LogP contribution in [0.15, 0.2) is 52.7 Å². The van der Waals surface area contributed by atoms with Crippen molar-refractivity contribution in [2.75, 3.05) is 18.0 Å². The maximum atomic E-state index is 13.0. The number of anilines is 1. The third-order valence-corrected chi connectivity index (χ3v) is 9.49. The van der Waals surface area contributed by atoms with Crippen molar-refractivity contribution < 1.29 is 8.42 Å². The van der Waals surface area contributed by atoms with E-state index < -0.39 is 15.1 Å². The molecular weight excluding hydrogens is 459 g/mol. The first-order valence-electron chi connectivity index (χ1n) is 9.77. The Morgan fingerprint density at radius 3 is 2.53 bits per heavy atom. The molecule has 3 aromatic rings. The van der Waals surface area contributed by atoms with E-state index in [2.05, 4.69) is 35.4 Å². The molecule has 8 heteroatoms. The number of aryl methyl sites for hydroxylation is 1. The van der Waals surface area contributed by atoms with Crippen molar-refractivity contribution in [2.45, 2.75) is 36.3 Å². The Labute approximate surface area is 191 Å². The molecule has 2 heterocycles. The summed E-state index contributed by atoms with van der Waals surface area (Å²) in [6.07, 6.45) is 1.94. The lowest BCUT2D eigenvalue weighted by Crippen LogP contribution is -2.39. The van der Waals surface area contributed by atoms with E-state index in [1.54, 1.807) is 11.3 Å². The van der Waals surface area contributed by atoms with E-state index in [4.69, 9.17) is 28.2 Å². The highest BCUT2D eigenvalue weighted by Crippen LogP contribution is 2.32. The summed E-state index contributed by atoms with van der Waals surface area (Å²) >= 11 is 13.6. The second-order valence-corrected chi connectivity index (χ2v) is 11.4. The standard InChI is InChI=1S/C22H22Cl2N2O2S2/c1-15-4-2-3-5-16(15)12-17-14-29-22(25-17)26-10-8-18(9-11-26)30(27,28)19-6-7-20(23)21(24)13-19/h2-7,13-14,18H,8-12H2,1H3. The molecule has 0 unspecified atom stereocenters. The van der Waals surface area contributed by atoms with E-state index in [9.17, 15) is 8.42 Å². The van der Waals surface area contributed by atoms with Crippen LogP contribution >= 0.6 is 34.5 Å². The number of halogens is 2. The van der Waals surface area contributed by atoms with Crippen LogP contribution in [0.5, 0.6) is 0 Å². The molecule has 1 saturated heterocycles. The van der Waals surface area contributed by atoms with Crippen LogP contribution in [0.25, 0.3) is 0 Å². The average molecular weight is 481 g/mol. The molecule has 158 valence electrons. The van der Waals surface area contributed by atoms with Crippen molar-refractivity contribution in [3.8, 4) is 0 Å². The SMILES string of the molecule is Cc1ccccc1Cc1csc(N2CCC(S(=O)(=O)c3ccc(Cl)c(Cl)c3)CC2)n1. The molecule has 0 radical (unpaired) electrons. The Balaban J connectivity index is 1.42. The Morgan fingerprint density at radius 2 is 1.83 bits per heavy atom. The molecule has 1 aliphatic heterocycles. The van der Waals surface area contributed by atoms with Crippen molar-refractivity contribution in [2.24, 2.45) is 0 Å². The number of aromatic nitrogens is 1. The van der Waals surface area contributed by atoms with E-state index in [0.29, 0.717) is 31.0 Å². The van der Waals surface area contributed by atoms with Gasteiger partial charge in [-0.15, -0.1) is 11.3 Å². The van der Waals surface area contributed by atoms with Crippen LogP contribution < -0.4 is 4.90 Å². The Kier molecular flexibility index (Phi) is 6.39. The summed E-state index contributed by atoms with van der Waals surface area (Å²) in [4.78, 5) is 7.23. The largest absolute Gasteiger partial charge is 0.348 e. The maximum Gasteiger partial charge on any atom is 0.185 e. The van der Waals surface area contributed by atoms with Gasteiger partial charge in [0.2, 0.25) is 0 Å². The first-order chi connectivity index (χ1) is 14.3. The van der Waals surface area contributed by atoms with Gasteiger partial charge in [-0.05, 0) is 49.1 Å². The zero-order chi connectivity index (χ0) is 21.3. The van der Waals surface area contributed by atoms with Gasteiger partial charge in [0.05, 0.1) is 25.9 Å². The van der Waals surface area contributed by atoms with Crippen LogP contribution in [-0.2, 0) is 16.3 Å². The van der Waals surface area contributed by atoms with Crippen molar-refractivity contribution >= 4 is 49.5 Å². The van der Waals surface area contributed by atoms with E-state index in [1.165, 1.54) is 29.3 Å². The fourth-order valence-corrected chi connectivity index (χ4v) is 6.73. The number of benzene rings is 2. The quantitative estimate of drug-likeness (QED) is 0.463. The van der Waals surface area contributed by atoms with Crippen LogP contribution in [0.1, 0.15) is 29.7 Å². The predicted molar refractivity (Wildman–Crippen MR) is 125 cm³/mol. The minimum absolute atomic E-state index is 0.241. The van der Waals surface area contributed by atoms with Crippen molar-refractivity contribution in [3.05, 3.63) is 74.7 Å². The number of rotatable bonds is 5. The smallest absolute Gasteiger partial charge is 0.185 e. The molecule has 0 aliphatic carbocycles. The molecule has 1 aliphatic rings. The van der Waals surface area contributed by atoms with E-state index in [1.807, 2.05) is 6.07 Å². The van der Waals surface area contributed by atoms with E-state index in [0.717, 1.165) is 17.2 Å². The third-order valence-electron chi connectivity index (χ3n) is 5.54. The van der Waals surface area contributed by atoms with Gasteiger partial charge >= 0.3 is 0 Å². The summed E-state index contributed by atoms with van der Waals surface area (Å²) in [6.45, 7) is 3.45. The molecule has 4 rings (SSSR count). The van der Waals surface area contributed by atoms with Gasteiger partial charge in [0.1, 0.15) is 0 Å². The second kappa shape index (κ2) is 8.87. The zero-order valence-corrected chi connectivity index (χ0v) is 19.7. The zero-order valence-electron chi connectivity index (χ0n) is 16.5. The maximum absolute atomic E-state index is 13.0. The molecule has 0 saturated carbocycles. The van der Waals surface area contributed by atoms with Crippen molar-refractivity contribution in [3.63, 3.8) is 0 Å². The molecule has 0 spiro atoms. The average Bonchev–Trinajstić information content (AvgIpc) is 3.20. The van der Waals surface area contributed by atoms with Crippen LogP contribution in [0, 0.1) is 6.92 Å². The van der Waals surface area contributed by atoms with E-state index >= 15 is 0 Å². The lowest BCUT2D eigenvalue weighted by atomic mass is 10.1.